The van der Waals surface area contributed by atoms with Crippen LogP contribution in [0.4, 0.5) is 0 Å². The number of benzene rings is 2. The molecule has 4 heteroatoms. The summed E-state index contributed by atoms with van der Waals surface area (Å²) in [6.45, 7) is 1.77. The van der Waals surface area contributed by atoms with Gasteiger partial charge in [-0.2, -0.15) is 0 Å². The molecule has 3 aromatic rings. The van der Waals surface area contributed by atoms with Crippen molar-refractivity contribution in [1.82, 2.24) is 0 Å². The fourth-order valence-corrected chi connectivity index (χ4v) is 2.28. The van der Waals surface area contributed by atoms with Crippen molar-refractivity contribution in [1.29, 1.82) is 0 Å². The van der Waals surface area contributed by atoms with Crippen molar-refractivity contribution in [3.63, 3.8) is 0 Å². The fraction of sp³-hybridized carbons (Fsp3) is 0.0625. The first kappa shape index (κ1) is 12.3. The summed E-state index contributed by atoms with van der Waals surface area (Å²) in [6, 6.07) is 11.8. The van der Waals surface area contributed by atoms with Crippen LogP contribution in [0.1, 0.15) is 5.56 Å². The third-order valence-electron chi connectivity index (χ3n) is 3.16. The molecule has 1 heterocycles. The molecular formula is C16H12O4. The number of phenols is 1. The summed E-state index contributed by atoms with van der Waals surface area (Å²) in [7, 11) is 0. The van der Waals surface area contributed by atoms with E-state index < -0.39 is 11.4 Å². The molecule has 0 spiro atoms. The van der Waals surface area contributed by atoms with Crippen LogP contribution in [0.25, 0.3) is 22.1 Å². The standard InChI is InChI=1S/C16H12O4/c1-9-7-11(17)14-12(8-9)20-16(19)13(15(14)18)10-5-3-2-4-6-10/h2-8,17,19H,1H3. The molecule has 20 heavy (non-hydrogen) atoms. The minimum absolute atomic E-state index is 0.0530. The highest BCUT2D eigenvalue weighted by Crippen LogP contribution is 2.32. The molecule has 0 radical (unpaired) electrons. The molecule has 0 saturated heterocycles. The molecule has 0 atom stereocenters. The van der Waals surface area contributed by atoms with Crippen molar-refractivity contribution < 1.29 is 14.6 Å². The number of rotatable bonds is 1. The van der Waals surface area contributed by atoms with E-state index in [1.807, 2.05) is 6.07 Å². The summed E-state index contributed by atoms with van der Waals surface area (Å²) in [5, 5.41) is 20.0. The highest BCUT2D eigenvalue weighted by atomic mass is 16.5. The molecular weight excluding hydrogens is 256 g/mol. The van der Waals surface area contributed by atoms with Gasteiger partial charge in [0.25, 0.3) is 5.95 Å². The Morgan fingerprint density at radius 1 is 1.05 bits per heavy atom. The van der Waals surface area contributed by atoms with Crippen LogP contribution in [-0.4, -0.2) is 10.2 Å². The van der Waals surface area contributed by atoms with Crippen LogP contribution in [-0.2, 0) is 0 Å². The molecule has 100 valence electrons. The largest absolute Gasteiger partial charge is 0.507 e. The Bertz CT molecular complexity index is 848. The predicted molar refractivity (Wildman–Crippen MR) is 76.0 cm³/mol. The molecule has 4 nitrogen and oxygen atoms in total. The minimum Gasteiger partial charge on any atom is -0.507 e. The summed E-state index contributed by atoms with van der Waals surface area (Å²) in [6.07, 6.45) is 0. The van der Waals surface area contributed by atoms with Gasteiger partial charge in [-0.3, -0.25) is 4.79 Å². The zero-order valence-corrected chi connectivity index (χ0v) is 10.8. The molecule has 0 bridgehead atoms. The van der Waals surface area contributed by atoms with Crippen LogP contribution in [0.5, 0.6) is 11.7 Å². The van der Waals surface area contributed by atoms with Crippen LogP contribution >= 0.6 is 0 Å². The average molecular weight is 268 g/mol. The van der Waals surface area contributed by atoms with Crippen molar-refractivity contribution in [2.24, 2.45) is 0 Å². The van der Waals surface area contributed by atoms with E-state index in [2.05, 4.69) is 0 Å². The topological polar surface area (TPSA) is 70.7 Å². The molecule has 0 aliphatic carbocycles. The normalized spacial score (nSPS) is 10.8. The van der Waals surface area contributed by atoms with Gasteiger partial charge in [0, 0.05) is 0 Å². The Balaban J connectivity index is 2.44. The van der Waals surface area contributed by atoms with E-state index in [0.29, 0.717) is 5.56 Å². The summed E-state index contributed by atoms with van der Waals surface area (Å²) >= 11 is 0. The van der Waals surface area contributed by atoms with Crippen LogP contribution in [0.2, 0.25) is 0 Å². The molecule has 2 N–H and O–H groups in total. The van der Waals surface area contributed by atoms with E-state index in [0.717, 1.165) is 5.56 Å². The molecule has 0 fully saturated rings. The highest BCUT2D eigenvalue weighted by molar-refractivity contribution is 5.88. The second-order valence-corrected chi connectivity index (χ2v) is 4.63. The Morgan fingerprint density at radius 3 is 2.45 bits per heavy atom. The van der Waals surface area contributed by atoms with E-state index in [-0.39, 0.29) is 22.3 Å². The van der Waals surface area contributed by atoms with Gasteiger partial charge in [-0.05, 0) is 30.2 Å². The molecule has 2 aromatic carbocycles. The zero-order chi connectivity index (χ0) is 14.3. The smallest absolute Gasteiger partial charge is 0.294 e. The van der Waals surface area contributed by atoms with Crippen LogP contribution in [0.3, 0.4) is 0 Å². The lowest BCUT2D eigenvalue weighted by Gasteiger charge is -2.07. The molecule has 0 amide bonds. The van der Waals surface area contributed by atoms with Gasteiger partial charge in [0.05, 0.1) is 0 Å². The first-order chi connectivity index (χ1) is 9.58. The van der Waals surface area contributed by atoms with Crippen molar-refractivity contribution in [2.75, 3.05) is 0 Å². The average Bonchev–Trinajstić information content (AvgIpc) is 2.38. The lowest BCUT2D eigenvalue weighted by atomic mass is 10.0. The third kappa shape index (κ3) is 1.82. The van der Waals surface area contributed by atoms with Gasteiger partial charge in [0.15, 0.2) is 0 Å². The summed E-state index contributed by atoms with van der Waals surface area (Å²) in [5.74, 6) is -0.593. The Labute approximate surface area is 114 Å². The molecule has 0 aliphatic heterocycles. The van der Waals surface area contributed by atoms with E-state index in [1.54, 1.807) is 37.3 Å². The number of phenolic OH excluding ortho intramolecular Hbond substituents is 1. The monoisotopic (exact) mass is 268 g/mol. The maximum atomic E-state index is 12.5. The van der Waals surface area contributed by atoms with Gasteiger partial charge in [-0.25, -0.2) is 0 Å². The van der Waals surface area contributed by atoms with Gasteiger partial charge in [0.2, 0.25) is 5.43 Å². The maximum Gasteiger partial charge on any atom is 0.294 e. The van der Waals surface area contributed by atoms with Crippen LogP contribution in [0.15, 0.2) is 51.7 Å². The van der Waals surface area contributed by atoms with Crippen molar-refractivity contribution in [3.05, 3.63) is 58.3 Å². The number of hydrogen-bond donors (Lipinski definition) is 2. The SMILES string of the molecule is Cc1cc(O)c2c(=O)c(-c3ccccc3)c(O)oc2c1. The van der Waals surface area contributed by atoms with Crippen LogP contribution < -0.4 is 5.43 Å². The summed E-state index contributed by atoms with van der Waals surface area (Å²) in [4.78, 5) is 12.5. The van der Waals surface area contributed by atoms with Gasteiger partial charge in [0.1, 0.15) is 22.3 Å². The molecule has 1 aromatic heterocycles. The van der Waals surface area contributed by atoms with Gasteiger partial charge < -0.3 is 14.6 Å². The quantitative estimate of drug-likeness (QED) is 0.711. The Hall–Kier alpha value is -2.75. The molecule has 0 unspecified atom stereocenters. The number of fused-ring (bicyclic) bond motifs is 1. The zero-order valence-electron chi connectivity index (χ0n) is 10.8. The Kier molecular flexibility index (Phi) is 2.71. The van der Waals surface area contributed by atoms with Crippen LogP contribution in [0, 0.1) is 6.92 Å². The van der Waals surface area contributed by atoms with E-state index in [1.165, 1.54) is 6.07 Å². The first-order valence-electron chi connectivity index (χ1n) is 6.12. The highest BCUT2D eigenvalue weighted by Gasteiger charge is 2.18. The Morgan fingerprint density at radius 2 is 1.75 bits per heavy atom. The molecule has 0 aliphatic rings. The van der Waals surface area contributed by atoms with Crippen molar-refractivity contribution in [3.8, 4) is 22.8 Å². The fourth-order valence-electron chi connectivity index (χ4n) is 2.28. The number of aromatic hydroxyl groups is 2. The number of hydrogen-bond acceptors (Lipinski definition) is 4. The lowest BCUT2D eigenvalue weighted by Crippen LogP contribution is -2.05. The van der Waals surface area contributed by atoms with Crippen molar-refractivity contribution in [2.45, 2.75) is 6.92 Å². The van der Waals surface area contributed by atoms with E-state index in [9.17, 15) is 15.0 Å². The third-order valence-corrected chi connectivity index (χ3v) is 3.16. The van der Waals surface area contributed by atoms with Crippen molar-refractivity contribution >= 4 is 11.0 Å². The second kappa shape index (κ2) is 4.42. The number of aryl methyl sites for hydroxylation is 1. The van der Waals surface area contributed by atoms with E-state index in [4.69, 9.17) is 4.42 Å². The summed E-state index contributed by atoms with van der Waals surface area (Å²) in [5.41, 5.74) is 1.06. The maximum absolute atomic E-state index is 12.5. The second-order valence-electron chi connectivity index (χ2n) is 4.63. The van der Waals surface area contributed by atoms with Gasteiger partial charge in [-0.1, -0.05) is 30.3 Å². The molecule has 0 saturated carbocycles. The van der Waals surface area contributed by atoms with Gasteiger partial charge in [-0.15, -0.1) is 0 Å². The lowest BCUT2D eigenvalue weighted by molar-refractivity contribution is 0.341. The predicted octanol–water partition coefficient (Wildman–Crippen LogP) is 3.18. The molecule has 3 rings (SSSR count). The first-order valence-corrected chi connectivity index (χ1v) is 6.12. The van der Waals surface area contributed by atoms with Gasteiger partial charge >= 0.3 is 0 Å². The minimum atomic E-state index is -0.451. The van der Waals surface area contributed by atoms with E-state index >= 15 is 0 Å². The summed E-state index contributed by atoms with van der Waals surface area (Å²) < 4.78 is 5.29.